The third kappa shape index (κ3) is 2.38. The Morgan fingerprint density at radius 3 is 2.71 bits per heavy atom. The van der Waals surface area contributed by atoms with Crippen molar-refractivity contribution in [3.05, 3.63) is 35.4 Å². The molecule has 1 aromatic rings. The minimum absolute atomic E-state index is 0.192. The van der Waals surface area contributed by atoms with E-state index < -0.39 is 5.97 Å². The van der Waals surface area contributed by atoms with Gasteiger partial charge in [-0.1, -0.05) is 45.0 Å². The Bertz CT molecular complexity index is 552. The highest BCUT2D eigenvalue weighted by atomic mass is 16.4. The molecular formula is C18H25NO2. The van der Waals surface area contributed by atoms with Gasteiger partial charge in [-0.2, -0.15) is 0 Å². The summed E-state index contributed by atoms with van der Waals surface area (Å²) in [5.41, 5.74) is 2.93. The van der Waals surface area contributed by atoms with Crippen LogP contribution in [-0.4, -0.2) is 28.6 Å². The van der Waals surface area contributed by atoms with Crippen molar-refractivity contribution in [3.63, 3.8) is 0 Å². The standard InChI is InChI=1S/C18H25NO2/c1-12-9-11-19(16(12)17(20)21)15-8-10-18(2,3)14-7-5-4-6-13(14)15/h4-7,12,15-16H,8-11H2,1-3H3,(H,20,21). The van der Waals surface area contributed by atoms with Gasteiger partial charge in [0.15, 0.2) is 0 Å². The maximum absolute atomic E-state index is 11.7. The van der Waals surface area contributed by atoms with E-state index in [4.69, 9.17) is 0 Å². The molecule has 0 aromatic heterocycles. The van der Waals surface area contributed by atoms with Crippen molar-refractivity contribution in [2.45, 2.75) is 57.5 Å². The van der Waals surface area contributed by atoms with Gasteiger partial charge in [0.05, 0.1) is 0 Å². The number of benzene rings is 1. The lowest BCUT2D eigenvalue weighted by Gasteiger charge is -2.42. The highest BCUT2D eigenvalue weighted by molar-refractivity contribution is 5.74. The minimum atomic E-state index is -0.665. The monoisotopic (exact) mass is 287 g/mol. The molecule has 0 saturated carbocycles. The van der Waals surface area contributed by atoms with Gasteiger partial charge >= 0.3 is 5.97 Å². The van der Waals surface area contributed by atoms with Gasteiger partial charge < -0.3 is 5.11 Å². The summed E-state index contributed by atoms with van der Waals surface area (Å²) < 4.78 is 0. The molecule has 3 atom stereocenters. The summed E-state index contributed by atoms with van der Waals surface area (Å²) in [5.74, 6) is -0.424. The Morgan fingerprint density at radius 2 is 2.00 bits per heavy atom. The van der Waals surface area contributed by atoms with Crippen LogP contribution in [0.5, 0.6) is 0 Å². The summed E-state index contributed by atoms with van der Waals surface area (Å²) >= 11 is 0. The van der Waals surface area contributed by atoms with Crippen LogP contribution >= 0.6 is 0 Å². The van der Waals surface area contributed by atoms with Crippen molar-refractivity contribution in [1.82, 2.24) is 4.90 Å². The Labute approximate surface area is 127 Å². The first-order chi connectivity index (χ1) is 9.92. The molecule has 0 radical (unpaired) electrons. The molecule has 114 valence electrons. The van der Waals surface area contributed by atoms with Crippen LogP contribution in [0.1, 0.15) is 57.2 Å². The van der Waals surface area contributed by atoms with Crippen molar-refractivity contribution in [1.29, 1.82) is 0 Å². The van der Waals surface area contributed by atoms with Crippen molar-refractivity contribution in [2.24, 2.45) is 5.92 Å². The van der Waals surface area contributed by atoms with Crippen molar-refractivity contribution >= 4 is 5.97 Å². The van der Waals surface area contributed by atoms with E-state index in [1.165, 1.54) is 11.1 Å². The number of carboxylic acid groups (broad SMARTS) is 1. The molecule has 1 aliphatic carbocycles. The molecule has 1 fully saturated rings. The second-order valence-corrected chi connectivity index (χ2v) is 7.31. The zero-order valence-electron chi connectivity index (χ0n) is 13.2. The second-order valence-electron chi connectivity index (χ2n) is 7.31. The SMILES string of the molecule is CC1CCN(C2CCC(C)(C)c3ccccc32)C1C(=O)O. The Kier molecular flexibility index (Phi) is 3.56. The average molecular weight is 287 g/mol. The van der Waals surface area contributed by atoms with Crippen LogP contribution in [0, 0.1) is 5.92 Å². The number of aliphatic carboxylic acids is 1. The molecule has 1 aliphatic heterocycles. The maximum Gasteiger partial charge on any atom is 0.321 e. The topological polar surface area (TPSA) is 40.5 Å². The third-order valence-corrected chi connectivity index (χ3v) is 5.48. The summed E-state index contributed by atoms with van der Waals surface area (Å²) in [6, 6.07) is 8.54. The summed E-state index contributed by atoms with van der Waals surface area (Å²) in [4.78, 5) is 13.9. The van der Waals surface area contributed by atoms with E-state index >= 15 is 0 Å². The van der Waals surface area contributed by atoms with E-state index in [0.29, 0.717) is 0 Å². The number of carbonyl (C=O) groups is 1. The van der Waals surface area contributed by atoms with Gasteiger partial charge in [-0.3, -0.25) is 9.69 Å². The number of hydrogen-bond donors (Lipinski definition) is 1. The van der Waals surface area contributed by atoms with E-state index in [0.717, 1.165) is 25.8 Å². The molecular weight excluding hydrogens is 262 g/mol. The van der Waals surface area contributed by atoms with Gasteiger partial charge in [-0.05, 0) is 48.3 Å². The summed E-state index contributed by atoms with van der Waals surface area (Å²) in [5, 5.41) is 9.59. The first-order valence-corrected chi connectivity index (χ1v) is 8.00. The first-order valence-electron chi connectivity index (χ1n) is 8.00. The van der Waals surface area contributed by atoms with E-state index in [-0.39, 0.29) is 23.4 Å². The zero-order chi connectivity index (χ0) is 15.2. The lowest BCUT2D eigenvalue weighted by atomic mass is 9.70. The number of rotatable bonds is 2. The molecule has 0 spiro atoms. The quantitative estimate of drug-likeness (QED) is 0.903. The number of nitrogens with zero attached hydrogens (tertiary/aromatic N) is 1. The molecule has 21 heavy (non-hydrogen) atoms. The molecule has 1 aromatic carbocycles. The number of hydrogen-bond acceptors (Lipinski definition) is 2. The minimum Gasteiger partial charge on any atom is -0.480 e. The Hall–Kier alpha value is -1.35. The van der Waals surface area contributed by atoms with Crippen LogP contribution < -0.4 is 0 Å². The van der Waals surface area contributed by atoms with Gasteiger partial charge in [0.1, 0.15) is 6.04 Å². The lowest BCUT2D eigenvalue weighted by molar-refractivity contribution is -0.144. The molecule has 1 N–H and O–H groups in total. The maximum atomic E-state index is 11.7. The fraction of sp³-hybridized carbons (Fsp3) is 0.611. The van der Waals surface area contributed by atoms with Crippen LogP contribution in [0.15, 0.2) is 24.3 Å². The highest BCUT2D eigenvalue weighted by Gasteiger charge is 2.43. The summed E-state index contributed by atoms with van der Waals surface area (Å²) in [6.07, 6.45) is 3.16. The van der Waals surface area contributed by atoms with E-state index in [2.05, 4.69) is 49.9 Å². The summed E-state index contributed by atoms with van der Waals surface area (Å²) in [6.45, 7) is 7.56. The molecule has 0 amide bonds. The van der Waals surface area contributed by atoms with Crippen LogP contribution in [0.2, 0.25) is 0 Å². The Morgan fingerprint density at radius 1 is 1.29 bits per heavy atom. The smallest absolute Gasteiger partial charge is 0.321 e. The van der Waals surface area contributed by atoms with Gasteiger partial charge in [0, 0.05) is 6.04 Å². The lowest BCUT2D eigenvalue weighted by Crippen LogP contribution is -2.43. The molecule has 0 bridgehead atoms. The molecule has 1 heterocycles. The van der Waals surface area contributed by atoms with Crippen molar-refractivity contribution < 1.29 is 9.90 Å². The molecule has 1 saturated heterocycles. The normalized spacial score (nSPS) is 31.9. The van der Waals surface area contributed by atoms with Crippen molar-refractivity contribution in [3.8, 4) is 0 Å². The van der Waals surface area contributed by atoms with E-state index in [9.17, 15) is 9.90 Å². The van der Waals surface area contributed by atoms with Gasteiger partial charge in [-0.15, -0.1) is 0 Å². The van der Waals surface area contributed by atoms with Crippen LogP contribution in [0.25, 0.3) is 0 Å². The number of fused-ring (bicyclic) bond motifs is 1. The Balaban J connectivity index is 1.99. The molecule has 2 aliphatic rings. The number of likely N-dealkylation sites (tertiary alicyclic amines) is 1. The molecule has 3 heteroatoms. The van der Waals surface area contributed by atoms with E-state index in [1.54, 1.807) is 0 Å². The largest absolute Gasteiger partial charge is 0.480 e. The average Bonchev–Trinajstić information content (AvgIpc) is 2.81. The van der Waals surface area contributed by atoms with Gasteiger partial charge in [0.25, 0.3) is 0 Å². The molecule has 3 rings (SSSR count). The predicted octanol–water partition coefficient (Wildman–Crippen LogP) is 3.59. The first kappa shape index (κ1) is 14.6. The van der Waals surface area contributed by atoms with Crippen molar-refractivity contribution in [2.75, 3.05) is 6.54 Å². The molecule has 3 nitrogen and oxygen atoms in total. The number of carboxylic acids is 1. The predicted molar refractivity (Wildman–Crippen MR) is 83.4 cm³/mol. The van der Waals surface area contributed by atoms with E-state index in [1.807, 2.05) is 0 Å². The van der Waals surface area contributed by atoms with Gasteiger partial charge in [0.2, 0.25) is 0 Å². The third-order valence-electron chi connectivity index (χ3n) is 5.48. The second kappa shape index (κ2) is 5.13. The van der Waals surface area contributed by atoms with Crippen LogP contribution in [-0.2, 0) is 10.2 Å². The van der Waals surface area contributed by atoms with Crippen LogP contribution in [0.3, 0.4) is 0 Å². The highest BCUT2D eigenvalue weighted by Crippen LogP contribution is 2.46. The van der Waals surface area contributed by atoms with Crippen LogP contribution in [0.4, 0.5) is 0 Å². The zero-order valence-corrected chi connectivity index (χ0v) is 13.2. The van der Waals surface area contributed by atoms with Gasteiger partial charge in [-0.25, -0.2) is 0 Å². The summed E-state index contributed by atoms with van der Waals surface area (Å²) in [7, 11) is 0. The molecule has 3 unspecified atom stereocenters. The fourth-order valence-electron chi connectivity index (χ4n) is 4.25. The fourth-order valence-corrected chi connectivity index (χ4v) is 4.25.